The Morgan fingerprint density at radius 2 is 2.05 bits per heavy atom. The minimum Gasteiger partial charge on any atom is -0.393 e. The Labute approximate surface area is 133 Å². The molecule has 3 fully saturated rings. The van der Waals surface area contributed by atoms with Gasteiger partial charge in [0.2, 0.25) is 0 Å². The molecule has 0 saturated heterocycles. The Bertz CT molecular complexity index is 511. The van der Waals surface area contributed by atoms with Crippen LogP contribution in [0.3, 0.4) is 0 Å². The van der Waals surface area contributed by atoms with Crippen LogP contribution in [0.25, 0.3) is 0 Å². The molecule has 4 aliphatic rings. The summed E-state index contributed by atoms with van der Waals surface area (Å²) in [7, 11) is 1.83. The summed E-state index contributed by atoms with van der Waals surface area (Å²) >= 11 is 0. The highest BCUT2D eigenvalue weighted by atomic mass is 16.5. The minimum atomic E-state index is -0.166. The Kier molecular flexibility index (Phi) is 3.50. The Morgan fingerprint density at radius 1 is 1.23 bits per heavy atom. The number of hydrogen-bond donors (Lipinski definition) is 1. The van der Waals surface area contributed by atoms with Crippen LogP contribution >= 0.6 is 0 Å². The van der Waals surface area contributed by atoms with Gasteiger partial charge in [-0.2, -0.15) is 0 Å². The van der Waals surface area contributed by atoms with Crippen molar-refractivity contribution >= 4 is 5.78 Å². The number of rotatable bonds is 1. The molecule has 0 bridgehead atoms. The van der Waals surface area contributed by atoms with Gasteiger partial charge in [-0.05, 0) is 73.7 Å². The lowest BCUT2D eigenvalue weighted by Gasteiger charge is -2.56. The summed E-state index contributed by atoms with van der Waals surface area (Å²) in [6.07, 6.45) is 9.08. The first-order valence-electron chi connectivity index (χ1n) is 8.98. The fourth-order valence-electron chi connectivity index (χ4n) is 6.44. The Morgan fingerprint density at radius 3 is 2.82 bits per heavy atom. The molecule has 0 radical (unpaired) electrons. The van der Waals surface area contributed by atoms with Crippen molar-refractivity contribution in [1.29, 1.82) is 0 Å². The molecule has 3 heteroatoms. The molecule has 0 aromatic rings. The lowest BCUT2D eigenvalue weighted by molar-refractivity contribution is -0.134. The summed E-state index contributed by atoms with van der Waals surface area (Å²) in [4.78, 5) is 11.8. The predicted octanol–water partition coefficient (Wildman–Crippen LogP) is 3.11. The quantitative estimate of drug-likeness (QED) is 0.809. The SMILES string of the molecule is CO[C@H]1C[C@]2(C)[C@@H](O)CC[C@H]2[C@@H]2CCC3=CC(=O)CC[C@@H]3[C@H]21. The van der Waals surface area contributed by atoms with Crippen molar-refractivity contribution in [2.24, 2.45) is 29.1 Å². The molecular formula is C19H28O3. The summed E-state index contributed by atoms with van der Waals surface area (Å²) in [5, 5.41) is 10.5. The van der Waals surface area contributed by atoms with E-state index in [2.05, 4.69) is 6.92 Å². The average Bonchev–Trinajstić information content (AvgIpc) is 2.81. The summed E-state index contributed by atoms with van der Waals surface area (Å²) in [6.45, 7) is 2.29. The van der Waals surface area contributed by atoms with Crippen LogP contribution in [0, 0.1) is 29.1 Å². The summed E-state index contributed by atoms with van der Waals surface area (Å²) in [6, 6.07) is 0. The second-order valence-corrected chi connectivity index (χ2v) is 8.29. The fraction of sp³-hybridized carbons (Fsp3) is 0.842. The number of allylic oxidation sites excluding steroid dienone is 1. The van der Waals surface area contributed by atoms with Crippen LogP contribution in [0.4, 0.5) is 0 Å². The first-order valence-corrected chi connectivity index (χ1v) is 8.98. The van der Waals surface area contributed by atoms with Crippen molar-refractivity contribution in [1.82, 2.24) is 0 Å². The van der Waals surface area contributed by atoms with E-state index in [1.54, 1.807) is 0 Å². The highest BCUT2D eigenvalue weighted by Crippen LogP contribution is 2.62. The van der Waals surface area contributed by atoms with Gasteiger partial charge in [0, 0.05) is 13.5 Å². The van der Waals surface area contributed by atoms with Crippen LogP contribution in [-0.4, -0.2) is 30.2 Å². The number of fused-ring (bicyclic) bond motifs is 5. The molecule has 0 aromatic carbocycles. The molecule has 0 aliphatic heterocycles. The number of ketones is 1. The maximum atomic E-state index is 11.8. The van der Waals surface area contributed by atoms with Crippen molar-refractivity contribution in [3.8, 4) is 0 Å². The number of aliphatic hydroxyl groups is 1. The molecule has 1 N–H and O–H groups in total. The van der Waals surface area contributed by atoms with Gasteiger partial charge in [0.15, 0.2) is 5.78 Å². The standard InChI is InChI=1S/C19H28O3/c1-19-10-16(22-2)18-13-6-4-12(20)9-11(13)3-5-14(18)15(19)7-8-17(19)21/h9,13-18,21H,3-8,10H2,1-2H3/t13-,14-,15-,16-,17-,18+,19-/m0/s1. The largest absolute Gasteiger partial charge is 0.393 e. The summed E-state index contributed by atoms with van der Waals surface area (Å²) in [5.74, 6) is 2.72. The zero-order valence-corrected chi connectivity index (χ0v) is 13.8. The van der Waals surface area contributed by atoms with Crippen LogP contribution in [0.5, 0.6) is 0 Å². The number of carbonyl (C=O) groups is 1. The minimum absolute atomic E-state index is 0.0353. The lowest BCUT2D eigenvalue weighted by Crippen LogP contribution is -2.54. The number of aliphatic hydroxyl groups excluding tert-OH is 1. The topological polar surface area (TPSA) is 46.5 Å². The number of methoxy groups -OCH3 is 1. The van der Waals surface area contributed by atoms with E-state index in [0.717, 1.165) is 25.7 Å². The second kappa shape index (κ2) is 5.17. The smallest absolute Gasteiger partial charge is 0.155 e. The van der Waals surface area contributed by atoms with Crippen molar-refractivity contribution in [3.63, 3.8) is 0 Å². The van der Waals surface area contributed by atoms with Gasteiger partial charge in [0.05, 0.1) is 12.2 Å². The van der Waals surface area contributed by atoms with Crippen molar-refractivity contribution in [3.05, 3.63) is 11.6 Å². The molecular weight excluding hydrogens is 276 g/mol. The Hall–Kier alpha value is -0.670. The van der Waals surface area contributed by atoms with Crippen molar-refractivity contribution < 1.29 is 14.6 Å². The summed E-state index contributed by atoms with van der Waals surface area (Å²) < 4.78 is 5.93. The molecule has 4 aliphatic carbocycles. The highest BCUT2D eigenvalue weighted by Gasteiger charge is 2.59. The molecule has 4 rings (SSSR count). The first kappa shape index (κ1) is 14.9. The lowest BCUT2D eigenvalue weighted by atomic mass is 9.51. The van der Waals surface area contributed by atoms with E-state index in [0.29, 0.717) is 35.9 Å². The van der Waals surface area contributed by atoms with Crippen LogP contribution in [0.2, 0.25) is 0 Å². The molecule has 0 aromatic heterocycles. The zero-order valence-electron chi connectivity index (χ0n) is 13.8. The second-order valence-electron chi connectivity index (χ2n) is 8.29. The molecule has 22 heavy (non-hydrogen) atoms. The van der Waals surface area contributed by atoms with E-state index in [9.17, 15) is 9.90 Å². The van der Waals surface area contributed by atoms with Crippen LogP contribution in [-0.2, 0) is 9.53 Å². The molecule has 0 heterocycles. The van der Waals surface area contributed by atoms with E-state index in [4.69, 9.17) is 4.74 Å². The van der Waals surface area contributed by atoms with E-state index >= 15 is 0 Å². The highest BCUT2D eigenvalue weighted by molar-refractivity contribution is 5.91. The molecule has 0 spiro atoms. The maximum absolute atomic E-state index is 11.8. The van der Waals surface area contributed by atoms with E-state index in [1.165, 1.54) is 18.4 Å². The number of hydrogen-bond acceptors (Lipinski definition) is 3. The molecule has 0 amide bonds. The molecule has 122 valence electrons. The van der Waals surface area contributed by atoms with Crippen molar-refractivity contribution in [2.75, 3.05) is 7.11 Å². The van der Waals surface area contributed by atoms with Gasteiger partial charge in [-0.15, -0.1) is 0 Å². The third-order valence-electron chi connectivity index (χ3n) is 7.50. The average molecular weight is 304 g/mol. The van der Waals surface area contributed by atoms with Gasteiger partial charge < -0.3 is 9.84 Å². The number of carbonyl (C=O) groups excluding carboxylic acids is 1. The third-order valence-corrected chi connectivity index (χ3v) is 7.50. The van der Waals surface area contributed by atoms with Gasteiger partial charge in [0.25, 0.3) is 0 Å². The van der Waals surface area contributed by atoms with Gasteiger partial charge in [-0.25, -0.2) is 0 Å². The Balaban J connectivity index is 1.70. The monoisotopic (exact) mass is 304 g/mol. The molecule has 3 nitrogen and oxygen atoms in total. The summed E-state index contributed by atoms with van der Waals surface area (Å²) in [5.41, 5.74) is 1.43. The van der Waals surface area contributed by atoms with Crippen molar-refractivity contribution in [2.45, 2.75) is 64.1 Å². The zero-order chi connectivity index (χ0) is 15.5. The van der Waals surface area contributed by atoms with Gasteiger partial charge in [0.1, 0.15) is 0 Å². The first-order chi connectivity index (χ1) is 10.5. The molecule has 0 unspecified atom stereocenters. The van der Waals surface area contributed by atoms with E-state index in [1.807, 2.05) is 13.2 Å². The van der Waals surface area contributed by atoms with Gasteiger partial charge in [-0.1, -0.05) is 12.5 Å². The van der Waals surface area contributed by atoms with Gasteiger partial charge in [-0.3, -0.25) is 4.79 Å². The fourth-order valence-corrected chi connectivity index (χ4v) is 6.44. The normalized spacial score (nSPS) is 50.9. The maximum Gasteiger partial charge on any atom is 0.155 e. The number of ether oxygens (including phenoxy) is 1. The third kappa shape index (κ3) is 1.98. The predicted molar refractivity (Wildman–Crippen MR) is 84.3 cm³/mol. The van der Waals surface area contributed by atoms with E-state index in [-0.39, 0.29) is 17.6 Å². The van der Waals surface area contributed by atoms with E-state index < -0.39 is 0 Å². The van der Waals surface area contributed by atoms with Crippen LogP contribution < -0.4 is 0 Å². The van der Waals surface area contributed by atoms with Crippen LogP contribution in [0.15, 0.2) is 11.6 Å². The molecule has 3 saturated carbocycles. The van der Waals surface area contributed by atoms with Crippen LogP contribution in [0.1, 0.15) is 51.9 Å². The molecule has 7 atom stereocenters. The van der Waals surface area contributed by atoms with Gasteiger partial charge >= 0.3 is 0 Å².